The fraction of sp³-hybridized carbons (Fsp3) is 0.0556. The summed E-state index contributed by atoms with van der Waals surface area (Å²) < 4.78 is 26.4. The predicted molar refractivity (Wildman–Crippen MR) is 92.0 cm³/mol. The number of rotatable bonds is 1. The lowest BCUT2D eigenvalue weighted by atomic mass is 10.0. The lowest BCUT2D eigenvalue weighted by molar-refractivity contribution is 0.101. The second kappa shape index (κ2) is 5.07. The van der Waals surface area contributed by atoms with Gasteiger partial charge in [-0.1, -0.05) is 24.3 Å². The molecule has 24 heavy (non-hydrogen) atoms. The Hall–Kier alpha value is -2.86. The predicted octanol–water partition coefficient (Wildman–Crippen LogP) is 3.03. The standard InChI is InChI=1S/C18H14N2O3S/c1-20-16(11-12-5-4-7-15-13(12)9-10-19-15)18(21)14-6-2-3-8-17(14)24(20,22)23/h2-11,19H,1H3. The van der Waals surface area contributed by atoms with Crippen LogP contribution >= 0.6 is 0 Å². The van der Waals surface area contributed by atoms with Gasteiger partial charge in [0.05, 0.1) is 4.90 Å². The van der Waals surface area contributed by atoms with E-state index in [-0.39, 0.29) is 21.9 Å². The van der Waals surface area contributed by atoms with E-state index in [0.717, 1.165) is 20.8 Å². The average molecular weight is 338 g/mol. The van der Waals surface area contributed by atoms with Crippen molar-refractivity contribution >= 4 is 32.8 Å². The Bertz CT molecular complexity index is 1110. The second-order valence-electron chi connectivity index (χ2n) is 5.61. The van der Waals surface area contributed by atoms with Gasteiger partial charge in [-0.3, -0.25) is 9.10 Å². The number of H-pyrrole nitrogens is 1. The molecule has 1 aliphatic heterocycles. The first kappa shape index (κ1) is 14.7. The number of nitrogens with one attached hydrogen (secondary N) is 1. The number of fused-ring (bicyclic) bond motifs is 2. The van der Waals surface area contributed by atoms with Crippen LogP contribution in [0.15, 0.2) is 65.3 Å². The van der Waals surface area contributed by atoms with E-state index in [1.54, 1.807) is 24.3 Å². The Morgan fingerprint density at radius 1 is 1.04 bits per heavy atom. The van der Waals surface area contributed by atoms with Crippen molar-refractivity contribution in [3.63, 3.8) is 0 Å². The zero-order chi connectivity index (χ0) is 16.9. The molecule has 0 bridgehead atoms. The molecule has 0 saturated heterocycles. The minimum Gasteiger partial charge on any atom is -0.361 e. The van der Waals surface area contributed by atoms with Crippen LogP contribution < -0.4 is 0 Å². The number of allylic oxidation sites excluding steroid dienone is 1. The molecule has 0 fully saturated rings. The highest BCUT2D eigenvalue weighted by atomic mass is 32.2. The van der Waals surface area contributed by atoms with Gasteiger partial charge in [-0.15, -0.1) is 0 Å². The number of aromatic amines is 1. The molecule has 0 radical (unpaired) electrons. The molecule has 3 aromatic rings. The van der Waals surface area contributed by atoms with Gasteiger partial charge < -0.3 is 4.98 Å². The average Bonchev–Trinajstić information content (AvgIpc) is 3.07. The van der Waals surface area contributed by atoms with Gasteiger partial charge in [0.2, 0.25) is 5.78 Å². The molecule has 0 unspecified atom stereocenters. The molecule has 0 saturated carbocycles. The number of hydrogen-bond donors (Lipinski definition) is 1. The normalized spacial score (nSPS) is 18.1. The number of nitrogens with zero attached hydrogens (tertiary/aromatic N) is 1. The zero-order valence-corrected chi connectivity index (χ0v) is 13.7. The first-order valence-electron chi connectivity index (χ1n) is 7.40. The molecule has 4 rings (SSSR count). The molecule has 2 aromatic carbocycles. The summed E-state index contributed by atoms with van der Waals surface area (Å²) in [6.45, 7) is 0. The van der Waals surface area contributed by atoms with Gasteiger partial charge >= 0.3 is 0 Å². The van der Waals surface area contributed by atoms with E-state index in [1.165, 1.54) is 13.1 Å². The highest BCUT2D eigenvalue weighted by Gasteiger charge is 2.36. The summed E-state index contributed by atoms with van der Waals surface area (Å²) in [5, 5.41) is 0.933. The van der Waals surface area contributed by atoms with Crippen LogP contribution in [0.2, 0.25) is 0 Å². The van der Waals surface area contributed by atoms with Gasteiger partial charge in [0.15, 0.2) is 0 Å². The van der Waals surface area contributed by atoms with Crippen LogP contribution in [0, 0.1) is 0 Å². The van der Waals surface area contributed by atoms with Gasteiger partial charge in [0, 0.05) is 29.7 Å². The quantitative estimate of drug-likeness (QED) is 0.693. The van der Waals surface area contributed by atoms with Crippen LogP contribution in [0.5, 0.6) is 0 Å². The Morgan fingerprint density at radius 3 is 2.67 bits per heavy atom. The van der Waals surface area contributed by atoms with Crippen molar-refractivity contribution in [1.82, 2.24) is 9.29 Å². The van der Waals surface area contributed by atoms with Crippen molar-refractivity contribution in [2.75, 3.05) is 7.05 Å². The number of benzene rings is 2. The van der Waals surface area contributed by atoms with Crippen LogP contribution in [0.1, 0.15) is 15.9 Å². The number of aromatic nitrogens is 1. The fourth-order valence-corrected chi connectivity index (χ4v) is 4.36. The Balaban J connectivity index is 1.96. The summed E-state index contributed by atoms with van der Waals surface area (Å²) in [7, 11) is -2.32. The molecule has 2 heterocycles. The maximum absolute atomic E-state index is 12.8. The molecular formula is C18H14N2O3S. The van der Waals surface area contributed by atoms with Gasteiger partial charge in [0.25, 0.3) is 10.0 Å². The summed E-state index contributed by atoms with van der Waals surface area (Å²) in [4.78, 5) is 16.0. The lowest BCUT2D eigenvalue weighted by Crippen LogP contribution is -2.36. The van der Waals surface area contributed by atoms with Crippen molar-refractivity contribution in [3.05, 3.63) is 71.6 Å². The minimum absolute atomic E-state index is 0.0505. The van der Waals surface area contributed by atoms with Crippen molar-refractivity contribution < 1.29 is 13.2 Å². The zero-order valence-electron chi connectivity index (χ0n) is 12.9. The van der Waals surface area contributed by atoms with Gasteiger partial charge in [0.1, 0.15) is 5.70 Å². The van der Waals surface area contributed by atoms with Crippen LogP contribution in [-0.4, -0.2) is 30.5 Å². The topological polar surface area (TPSA) is 70.2 Å². The number of carbonyl (C=O) groups is 1. The van der Waals surface area contributed by atoms with Gasteiger partial charge in [-0.05, 0) is 35.9 Å². The van der Waals surface area contributed by atoms with E-state index >= 15 is 0 Å². The number of hydrogen-bond acceptors (Lipinski definition) is 3. The molecule has 1 aliphatic rings. The number of ketones is 1. The van der Waals surface area contributed by atoms with Crippen LogP contribution in [0.3, 0.4) is 0 Å². The monoisotopic (exact) mass is 338 g/mol. The maximum Gasteiger partial charge on any atom is 0.264 e. The smallest absolute Gasteiger partial charge is 0.264 e. The summed E-state index contributed by atoms with van der Waals surface area (Å²) >= 11 is 0. The summed E-state index contributed by atoms with van der Waals surface area (Å²) in [5.41, 5.74) is 2.07. The summed E-state index contributed by atoms with van der Waals surface area (Å²) in [5.74, 6) is -0.296. The summed E-state index contributed by atoms with van der Waals surface area (Å²) in [6, 6.07) is 13.8. The molecule has 0 amide bonds. The van der Waals surface area contributed by atoms with E-state index in [0.29, 0.717) is 0 Å². The van der Waals surface area contributed by atoms with Crippen molar-refractivity contribution in [3.8, 4) is 0 Å². The molecular weight excluding hydrogens is 324 g/mol. The maximum atomic E-state index is 12.8. The first-order chi connectivity index (χ1) is 11.5. The number of Topliss-reactive ketones (excluding diaryl/α,β-unsaturated/α-hetero) is 1. The Morgan fingerprint density at radius 2 is 1.83 bits per heavy atom. The highest BCUT2D eigenvalue weighted by Crippen LogP contribution is 2.32. The Kier molecular flexibility index (Phi) is 3.11. The second-order valence-corrected chi connectivity index (χ2v) is 7.55. The van der Waals surface area contributed by atoms with Crippen LogP contribution in [0.4, 0.5) is 0 Å². The van der Waals surface area contributed by atoms with E-state index in [9.17, 15) is 13.2 Å². The molecule has 6 heteroatoms. The van der Waals surface area contributed by atoms with Crippen molar-refractivity contribution in [1.29, 1.82) is 0 Å². The first-order valence-corrected chi connectivity index (χ1v) is 8.84. The van der Waals surface area contributed by atoms with Gasteiger partial charge in [-0.25, -0.2) is 8.42 Å². The number of carbonyl (C=O) groups excluding carboxylic acids is 1. The molecule has 1 N–H and O–H groups in total. The van der Waals surface area contributed by atoms with E-state index in [4.69, 9.17) is 0 Å². The largest absolute Gasteiger partial charge is 0.361 e. The van der Waals surface area contributed by atoms with Gasteiger partial charge in [-0.2, -0.15) is 0 Å². The SMILES string of the molecule is CN1C(=Cc2cccc3[nH]ccc23)C(=O)c2ccccc2S1(=O)=O. The minimum atomic E-state index is -3.73. The van der Waals surface area contributed by atoms with E-state index in [2.05, 4.69) is 4.98 Å². The van der Waals surface area contributed by atoms with Crippen molar-refractivity contribution in [2.45, 2.75) is 4.90 Å². The van der Waals surface area contributed by atoms with Crippen molar-refractivity contribution in [2.24, 2.45) is 0 Å². The third-order valence-corrected chi connectivity index (χ3v) is 6.09. The van der Waals surface area contributed by atoms with Crippen LogP contribution in [-0.2, 0) is 10.0 Å². The third kappa shape index (κ3) is 2.00. The third-order valence-electron chi connectivity index (χ3n) is 4.26. The molecule has 0 atom stereocenters. The van der Waals surface area contributed by atoms with E-state index in [1.807, 2.05) is 30.5 Å². The number of sulfonamides is 1. The highest BCUT2D eigenvalue weighted by molar-refractivity contribution is 7.89. The fourth-order valence-electron chi connectivity index (χ4n) is 2.98. The molecule has 0 spiro atoms. The molecule has 120 valence electrons. The van der Waals surface area contributed by atoms with E-state index < -0.39 is 10.0 Å². The summed E-state index contributed by atoms with van der Waals surface area (Å²) in [6.07, 6.45) is 3.44. The molecule has 5 nitrogen and oxygen atoms in total. The van der Waals surface area contributed by atoms with Crippen LogP contribution in [0.25, 0.3) is 17.0 Å². The molecule has 1 aromatic heterocycles. The Labute approximate surface area is 139 Å². The lowest BCUT2D eigenvalue weighted by Gasteiger charge is -2.28. The molecule has 0 aliphatic carbocycles. The number of likely N-dealkylation sites (N-methyl/N-ethyl adjacent to an activating group) is 1.